The molecule has 0 amide bonds. The molecule has 0 aromatic carbocycles. The first kappa shape index (κ1) is 11.8. The van der Waals surface area contributed by atoms with Gasteiger partial charge in [-0.15, -0.1) is 0 Å². The van der Waals surface area contributed by atoms with Crippen molar-refractivity contribution < 1.29 is 4.74 Å². The predicted molar refractivity (Wildman–Crippen MR) is 63.4 cm³/mol. The second kappa shape index (κ2) is 6.27. The highest BCUT2D eigenvalue weighted by atomic mass is 16.5. The van der Waals surface area contributed by atoms with E-state index in [0.29, 0.717) is 18.4 Å². The molecule has 15 heavy (non-hydrogen) atoms. The highest BCUT2D eigenvalue weighted by Crippen LogP contribution is 2.20. The molecular weight excluding hydrogens is 188 g/mol. The van der Waals surface area contributed by atoms with Crippen LogP contribution >= 0.6 is 0 Å². The predicted octanol–water partition coefficient (Wildman–Crippen LogP) is 2.94. The van der Waals surface area contributed by atoms with Crippen molar-refractivity contribution >= 4 is 5.69 Å². The molecule has 0 aliphatic rings. The molecule has 1 N–H and O–H groups in total. The van der Waals surface area contributed by atoms with Crippen LogP contribution in [-0.4, -0.2) is 18.1 Å². The van der Waals surface area contributed by atoms with Gasteiger partial charge in [-0.2, -0.15) is 0 Å². The first-order valence-corrected chi connectivity index (χ1v) is 5.55. The van der Waals surface area contributed by atoms with Gasteiger partial charge in [0.1, 0.15) is 0 Å². The SMILES string of the molecule is CCOc1ncccc1NCCC(C)C. The van der Waals surface area contributed by atoms with Crippen molar-refractivity contribution in [1.82, 2.24) is 4.98 Å². The average Bonchev–Trinajstić information content (AvgIpc) is 2.20. The molecule has 3 heteroatoms. The van der Waals surface area contributed by atoms with E-state index in [2.05, 4.69) is 24.1 Å². The Kier molecular flexibility index (Phi) is 4.95. The summed E-state index contributed by atoms with van der Waals surface area (Å²) >= 11 is 0. The summed E-state index contributed by atoms with van der Waals surface area (Å²) in [6.45, 7) is 8.01. The lowest BCUT2D eigenvalue weighted by molar-refractivity contribution is 0.328. The van der Waals surface area contributed by atoms with E-state index in [1.54, 1.807) is 6.20 Å². The molecule has 0 saturated heterocycles. The molecule has 0 radical (unpaired) electrons. The molecular formula is C12H20N2O. The van der Waals surface area contributed by atoms with Crippen molar-refractivity contribution in [2.24, 2.45) is 5.92 Å². The van der Waals surface area contributed by atoms with Gasteiger partial charge < -0.3 is 10.1 Å². The van der Waals surface area contributed by atoms with E-state index >= 15 is 0 Å². The van der Waals surface area contributed by atoms with Gasteiger partial charge in [0.05, 0.1) is 12.3 Å². The molecule has 3 nitrogen and oxygen atoms in total. The van der Waals surface area contributed by atoms with Gasteiger partial charge in [-0.05, 0) is 31.4 Å². The summed E-state index contributed by atoms with van der Waals surface area (Å²) in [6.07, 6.45) is 2.90. The molecule has 1 rings (SSSR count). The fraction of sp³-hybridized carbons (Fsp3) is 0.583. The summed E-state index contributed by atoms with van der Waals surface area (Å²) in [5.74, 6) is 1.41. The van der Waals surface area contributed by atoms with E-state index in [1.807, 2.05) is 19.1 Å². The van der Waals surface area contributed by atoms with Gasteiger partial charge >= 0.3 is 0 Å². The Balaban J connectivity index is 2.51. The first-order valence-electron chi connectivity index (χ1n) is 5.55. The van der Waals surface area contributed by atoms with Gasteiger partial charge in [0.2, 0.25) is 5.88 Å². The summed E-state index contributed by atoms with van der Waals surface area (Å²) in [7, 11) is 0. The maximum Gasteiger partial charge on any atom is 0.237 e. The summed E-state index contributed by atoms with van der Waals surface area (Å²) in [5, 5.41) is 3.34. The largest absolute Gasteiger partial charge is 0.476 e. The van der Waals surface area contributed by atoms with Gasteiger partial charge in [-0.25, -0.2) is 4.98 Å². The van der Waals surface area contributed by atoms with E-state index < -0.39 is 0 Å². The number of hydrogen-bond acceptors (Lipinski definition) is 3. The van der Waals surface area contributed by atoms with Crippen molar-refractivity contribution in [1.29, 1.82) is 0 Å². The minimum atomic E-state index is 0.649. The lowest BCUT2D eigenvalue weighted by atomic mass is 10.1. The summed E-state index contributed by atoms with van der Waals surface area (Å²) < 4.78 is 5.42. The molecule has 0 spiro atoms. The van der Waals surface area contributed by atoms with Crippen LogP contribution in [0.4, 0.5) is 5.69 Å². The number of pyridine rings is 1. The zero-order valence-electron chi connectivity index (χ0n) is 9.79. The molecule has 0 fully saturated rings. The van der Waals surface area contributed by atoms with Crippen LogP contribution in [-0.2, 0) is 0 Å². The van der Waals surface area contributed by atoms with Crippen molar-refractivity contribution in [3.63, 3.8) is 0 Å². The molecule has 0 atom stereocenters. The molecule has 84 valence electrons. The molecule has 0 unspecified atom stereocenters. The van der Waals surface area contributed by atoms with Crippen LogP contribution < -0.4 is 10.1 Å². The van der Waals surface area contributed by atoms with Gasteiger partial charge in [0, 0.05) is 12.7 Å². The molecule has 0 bridgehead atoms. The van der Waals surface area contributed by atoms with E-state index in [9.17, 15) is 0 Å². The Morgan fingerprint density at radius 3 is 2.93 bits per heavy atom. The van der Waals surface area contributed by atoms with Crippen molar-refractivity contribution in [2.45, 2.75) is 27.2 Å². The molecule has 0 saturated carbocycles. The van der Waals surface area contributed by atoms with Gasteiger partial charge in [-0.3, -0.25) is 0 Å². The minimum Gasteiger partial charge on any atom is -0.476 e. The molecule has 1 heterocycles. The minimum absolute atomic E-state index is 0.649. The third-order valence-corrected chi connectivity index (χ3v) is 2.09. The smallest absolute Gasteiger partial charge is 0.237 e. The average molecular weight is 208 g/mol. The Hall–Kier alpha value is -1.25. The lowest BCUT2D eigenvalue weighted by Gasteiger charge is -2.11. The first-order chi connectivity index (χ1) is 7.24. The molecule has 0 aliphatic heterocycles. The Morgan fingerprint density at radius 2 is 2.27 bits per heavy atom. The number of aromatic nitrogens is 1. The Morgan fingerprint density at radius 1 is 1.47 bits per heavy atom. The highest BCUT2D eigenvalue weighted by Gasteiger charge is 2.02. The number of anilines is 1. The molecule has 0 aliphatic carbocycles. The van der Waals surface area contributed by atoms with Gasteiger partial charge in [0.25, 0.3) is 0 Å². The third kappa shape index (κ3) is 4.19. The maximum absolute atomic E-state index is 5.42. The Bertz CT molecular complexity index is 287. The quantitative estimate of drug-likeness (QED) is 0.780. The molecule has 1 aromatic rings. The van der Waals surface area contributed by atoms with E-state index in [0.717, 1.165) is 18.7 Å². The number of nitrogens with one attached hydrogen (secondary N) is 1. The monoisotopic (exact) mass is 208 g/mol. The topological polar surface area (TPSA) is 34.1 Å². The van der Waals surface area contributed by atoms with Crippen LogP contribution in [0.25, 0.3) is 0 Å². The van der Waals surface area contributed by atoms with Crippen molar-refractivity contribution in [3.8, 4) is 5.88 Å². The second-order valence-electron chi connectivity index (χ2n) is 3.90. The van der Waals surface area contributed by atoms with Crippen molar-refractivity contribution in [2.75, 3.05) is 18.5 Å². The zero-order valence-corrected chi connectivity index (χ0v) is 9.79. The van der Waals surface area contributed by atoms with Gasteiger partial charge in [-0.1, -0.05) is 13.8 Å². The summed E-state index contributed by atoms with van der Waals surface area (Å²) in [4.78, 5) is 4.18. The second-order valence-corrected chi connectivity index (χ2v) is 3.90. The number of rotatable bonds is 6. The van der Waals surface area contributed by atoms with Crippen LogP contribution in [0.3, 0.4) is 0 Å². The van der Waals surface area contributed by atoms with Gasteiger partial charge in [0.15, 0.2) is 0 Å². The fourth-order valence-electron chi connectivity index (χ4n) is 1.27. The third-order valence-electron chi connectivity index (χ3n) is 2.09. The number of nitrogens with zero attached hydrogens (tertiary/aromatic N) is 1. The summed E-state index contributed by atoms with van der Waals surface area (Å²) in [6, 6.07) is 3.92. The van der Waals surface area contributed by atoms with Crippen molar-refractivity contribution in [3.05, 3.63) is 18.3 Å². The lowest BCUT2D eigenvalue weighted by Crippen LogP contribution is -2.07. The standard InChI is InChI=1S/C12H20N2O/c1-4-15-12-11(6-5-8-14-12)13-9-7-10(2)3/h5-6,8,10,13H,4,7,9H2,1-3H3. The van der Waals surface area contributed by atoms with E-state index in [-0.39, 0.29) is 0 Å². The normalized spacial score (nSPS) is 10.4. The highest BCUT2D eigenvalue weighted by molar-refractivity contribution is 5.51. The Labute approximate surface area is 91.9 Å². The van der Waals surface area contributed by atoms with Crippen LogP contribution in [0.1, 0.15) is 27.2 Å². The number of hydrogen-bond donors (Lipinski definition) is 1. The van der Waals surface area contributed by atoms with Crippen LogP contribution in [0.5, 0.6) is 5.88 Å². The summed E-state index contributed by atoms with van der Waals surface area (Å²) in [5.41, 5.74) is 0.986. The number of ether oxygens (including phenoxy) is 1. The van der Waals surface area contributed by atoms with Crippen LogP contribution in [0.2, 0.25) is 0 Å². The molecule has 1 aromatic heterocycles. The maximum atomic E-state index is 5.42. The van der Waals surface area contributed by atoms with E-state index in [1.165, 1.54) is 0 Å². The van der Waals surface area contributed by atoms with Crippen LogP contribution in [0.15, 0.2) is 18.3 Å². The van der Waals surface area contributed by atoms with E-state index in [4.69, 9.17) is 4.74 Å². The van der Waals surface area contributed by atoms with Crippen LogP contribution in [0, 0.1) is 5.92 Å². The zero-order chi connectivity index (χ0) is 11.1. The fourth-order valence-corrected chi connectivity index (χ4v) is 1.27.